The van der Waals surface area contributed by atoms with Crippen LogP contribution >= 0.6 is 0 Å². The summed E-state index contributed by atoms with van der Waals surface area (Å²) in [6.45, 7) is 2.53. The number of carbonyl (C=O) groups is 1. The van der Waals surface area contributed by atoms with Crippen LogP contribution in [0.4, 0.5) is 17.2 Å². The normalized spacial score (nSPS) is 9.93. The molecule has 134 valence electrons. The number of nitrogens with zero attached hydrogens (tertiary/aromatic N) is 3. The van der Waals surface area contributed by atoms with Crippen molar-refractivity contribution >= 4 is 23.1 Å². The number of carbonyl (C=O) groups excluding carboxylic acids is 1. The van der Waals surface area contributed by atoms with Gasteiger partial charge in [0.2, 0.25) is 0 Å². The summed E-state index contributed by atoms with van der Waals surface area (Å²) in [6, 6.07) is 17.8. The molecule has 1 amide bonds. The summed E-state index contributed by atoms with van der Waals surface area (Å²) in [7, 11) is 0. The van der Waals surface area contributed by atoms with Gasteiger partial charge in [-0.3, -0.25) is 4.79 Å². The summed E-state index contributed by atoms with van der Waals surface area (Å²) in [6.07, 6.45) is 1.31. The maximum atomic E-state index is 12.4. The van der Waals surface area contributed by atoms with Crippen molar-refractivity contribution in [3.63, 3.8) is 0 Å². The van der Waals surface area contributed by atoms with E-state index in [4.69, 9.17) is 10.00 Å². The molecular weight excluding hydrogens is 342 g/mol. The average molecular weight is 359 g/mol. The Balaban J connectivity index is 1.73. The Morgan fingerprint density at radius 2 is 1.93 bits per heavy atom. The molecule has 0 aliphatic heterocycles. The van der Waals surface area contributed by atoms with Crippen molar-refractivity contribution in [2.24, 2.45) is 0 Å². The predicted octanol–water partition coefficient (Wildman–Crippen LogP) is 3.74. The van der Waals surface area contributed by atoms with E-state index in [1.165, 1.54) is 6.33 Å². The van der Waals surface area contributed by atoms with Gasteiger partial charge in [0.05, 0.1) is 17.9 Å². The number of hydrogen-bond acceptors (Lipinski definition) is 6. The molecule has 0 spiro atoms. The highest BCUT2D eigenvalue weighted by atomic mass is 16.5. The molecule has 0 bridgehead atoms. The van der Waals surface area contributed by atoms with E-state index in [2.05, 4.69) is 20.6 Å². The van der Waals surface area contributed by atoms with Crippen LogP contribution in [0.2, 0.25) is 0 Å². The number of anilines is 3. The molecule has 3 rings (SSSR count). The molecule has 7 nitrogen and oxygen atoms in total. The van der Waals surface area contributed by atoms with Crippen molar-refractivity contribution in [1.29, 1.82) is 5.26 Å². The number of nitrogens with one attached hydrogen (secondary N) is 2. The second kappa shape index (κ2) is 8.45. The quantitative estimate of drug-likeness (QED) is 0.695. The van der Waals surface area contributed by atoms with E-state index in [1.54, 1.807) is 30.3 Å². The molecular formula is C20H17N5O2. The fraction of sp³-hybridized carbons (Fsp3) is 0.100. The Hall–Kier alpha value is -3.92. The number of rotatable bonds is 6. The van der Waals surface area contributed by atoms with E-state index < -0.39 is 5.91 Å². The van der Waals surface area contributed by atoms with Crippen LogP contribution in [-0.4, -0.2) is 22.5 Å². The minimum Gasteiger partial charge on any atom is -0.494 e. The van der Waals surface area contributed by atoms with Crippen LogP contribution < -0.4 is 15.4 Å². The van der Waals surface area contributed by atoms with Crippen LogP contribution in [-0.2, 0) is 0 Å². The fourth-order valence-corrected chi connectivity index (χ4v) is 2.37. The van der Waals surface area contributed by atoms with Gasteiger partial charge in [0, 0.05) is 11.8 Å². The Bertz CT molecular complexity index is 980. The van der Waals surface area contributed by atoms with Gasteiger partial charge in [-0.25, -0.2) is 9.97 Å². The van der Waals surface area contributed by atoms with Crippen molar-refractivity contribution in [2.75, 3.05) is 17.2 Å². The highest BCUT2D eigenvalue weighted by Gasteiger charge is 2.11. The van der Waals surface area contributed by atoms with Crippen LogP contribution in [0.1, 0.15) is 23.0 Å². The molecule has 0 unspecified atom stereocenters. The van der Waals surface area contributed by atoms with Crippen molar-refractivity contribution in [1.82, 2.24) is 9.97 Å². The van der Waals surface area contributed by atoms with Gasteiger partial charge in [0.25, 0.3) is 5.91 Å². The minimum atomic E-state index is -0.421. The van der Waals surface area contributed by atoms with Gasteiger partial charge in [-0.05, 0) is 43.3 Å². The zero-order valence-corrected chi connectivity index (χ0v) is 14.6. The number of hydrogen-bond donors (Lipinski definition) is 2. The standard InChI is InChI=1S/C20H17N5O2/c1-2-27-16-9-7-15(8-10-16)24-19-11-18(22-13-23-19)20(26)25-17-6-4-3-5-14(17)12-21/h3-11,13H,2H2,1H3,(H,25,26)(H,22,23,24). The molecule has 0 fully saturated rings. The monoisotopic (exact) mass is 359 g/mol. The van der Waals surface area contributed by atoms with Crippen LogP contribution in [0, 0.1) is 11.3 Å². The lowest BCUT2D eigenvalue weighted by molar-refractivity contribution is 0.102. The van der Waals surface area contributed by atoms with Gasteiger partial charge >= 0.3 is 0 Å². The highest BCUT2D eigenvalue weighted by molar-refractivity contribution is 6.03. The van der Waals surface area contributed by atoms with E-state index in [-0.39, 0.29) is 5.69 Å². The van der Waals surface area contributed by atoms with Crippen molar-refractivity contribution in [3.05, 3.63) is 72.2 Å². The Labute approximate surface area is 156 Å². The first-order valence-electron chi connectivity index (χ1n) is 8.32. The van der Waals surface area contributed by atoms with E-state index in [0.717, 1.165) is 11.4 Å². The van der Waals surface area contributed by atoms with Gasteiger partial charge in [-0.15, -0.1) is 0 Å². The average Bonchev–Trinajstić information content (AvgIpc) is 2.70. The van der Waals surface area contributed by atoms with E-state index in [1.807, 2.05) is 37.3 Å². The molecule has 3 aromatic rings. The molecule has 0 saturated heterocycles. The first-order chi connectivity index (χ1) is 13.2. The van der Waals surface area contributed by atoms with Gasteiger partial charge < -0.3 is 15.4 Å². The number of ether oxygens (including phenoxy) is 1. The molecule has 0 atom stereocenters. The van der Waals surface area contributed by atoms with Gasteiger partial charge in [-0.2, -0.15) is 5.26 Å². The summed E-state index contributed by atoms with van der Waals surface area (Å²) < 4.78 is 5.41. The topological polar surface area (TPSA) is 99.9 Å². The van der Waals surface area contributed by atoms with Gasteiger partial charge in [-0.1, -0.05) is 12.1 Å². The molecule has 0 aliphatic carbocycles. The van der Waals surface area contributed by atoms with E-state index in [9.17, 15) is 4.79 Å². The second-order valence-electron chi connectivity index (χ2n) is 5.48. The predicted molar refractivity (Wildman–Crippen MR) is 102 cm³/mol. The smallest absolute Gasteiger partial charge is 0.274 e. The van der Waals surface area contributed by atoms with Crippen LogP contribution in [0.5, 0.6) is 5.75 Å². The number of nitriles is 1. The lowest BCUT2D eigenvalue weighted by Gasteiger charge is -2.09. The summed E-state index contributed by atoms with van der Waals surface area (Å²) in [4.78, 5) is 20.6. The molecule has 0 saturated carbocycles. The zero-order chi connectivity index (χ0) is 19.1. The summed E-state index contributed by atoms with van der Waals surface area (Å²) in [5.74, 6) is 0.838. The third-order valence-corrected chi connectivity index (χ3v) is 3.63. The zero-order valence-electron chi connectivity index (χ0n) is 14.6. The molecule has 1 aromatic heterocycles. The van der Waals surface area contributed by atoms with Gasteiger partial charge in [0.15, 0.2) is 0 Å². The van der Waals surface area contributed by atoms with Crippen LogP contribution in [0.15, 0.2) is 60.9 Å². The lowest BCUT2D eigenvalue weighted by atomic mass is 10.2. The maximum Gasteiger partial charge on any atom is 0.274 e. The van der Waals surface area contributed by atoms with E-state index in [0.29, 0.717) is 23.7 Å². The Morgan fingerprint density at radius 3 is 2.67 bits per heavy atom. The third kappa shape index (κ3) is 4.58. The summed E-state index contributed by atoms with van der Waals surface area (Å²) >= 11 is 0. The van der Waals surface area contributed by atoms with Crippen molar-refractivity contribution in [2.45, 2.75) is 6.92 Å². The first kappa shape index (κ1) is 17.9. The van der Waals surface area contributed by atoms with Crippen LogP contribution in [0.25, 0.3) is 0 Å². The molecule has 27 heavy (non-hydrogen) atoms. The fourth-order valence-electron chi connectivity index (χ4n) is 2.37. The largest absolute Gasteiger partial charge is 0.494 e. The van der Waals surface area contributed by atoms with Crippen molar-refractivity contribution < 1.29 is 9.53 Å². The molecule has 2 N–H and O–H groups in total. The molecule has 7 heteroatoms. The number of para-hydroxylation sites is 1. The van der Waals surface area contributed by atoms with E-state index >= 15 is 0 Å². The summed E-state index contributed by atoms with van der Waals surface area (Å²) in [5.41, 5.74) is 1.81. The van der Waals surface area contributed by atoms with Crippen LogP contribution in [0.3, 0.4) is 0 Å². The number of amides is 1. The lowest BCUT2D eigenvalue weighted by Crippen LogP contribution is -2.15. The SMILES string of the molecule is CCOc1ccc(Nc2cc(C(=O)Nc3ccccc3C#N)ncn2)cc1. The summed E-state index contributed by atoms with van der Waals surface area (Å²) in [5, 5.41) is 14.9. The Morgan fingerprint density at radius 1 is 1.15 bits per heavy atom. The Kier molecular flexibility index (Phi) is 5.60. The molecule has 0 aliphatic rings. The first-order valence-corrected chi connectivity index (χ1v) is 8.32. The number of benzene rings is 2. The molecule has 0 radical (unpaired) electrons. The minimum absolute atomic E-state index is 0.186. The van der Waals surface area contributed by atoms with Gasteiger partial charge in [0.1, 0.15) is 29.7 Å². The second-order valence-corrected chi connectivity index (χ2v) is 5.48. The highest BCUT2D eigenvalue weighted by Crippen LogP contribution is 2.20. The third-order valence-electron chi connectivity index (χ3n) is 3.63. The number of aromatic nitrogens is 2. The maximum absolute atomic E-state index is 12.4. The van der Waals surface area contributed by atoms with Crippen molar-refractivity contribution in [3.8, 4) is 11.8 Å². The molecule has 2 aromatic carbocycles. The molecule has 1 heterocycles.